The highest BCUT2D eigenvalue weighted by Gasteiger charge is 2.35. The maximum absolute atomic E-state index is 5.22. The van der Waals surface area contributed by atoms with Gasteiger partial charge in [-0.1, -0.05) is 172 Å². The molecule has 0 spiro atoms. The highest BCUT2D eigenvalue weighted by Crippen LogP contribution is 2.49. The fourth-order valence-electron chi connectivity index (χ4n) is 9.03. The van der Waals surface area contributed by atoms with Gasteiger partial charge in [-0.15, -0.1) is 0 Å². The third kappa shape index (κ3) is 4.86. The summed E-state index contributed by atoms with van der Waals surface area (Å²) >= 11 is 0. The van der Waals surface area contributed by atoms with E-state index in [1.807, 2.05) is 18.2 Å². The van der Waals surface area contributed by atoms with Crippen LogP contribution in [0.3, 0.4) is 0 Å². The smallest absolute Gasteiger partial charge is 0.164 e. The van der Waals surface area contributed by atoms with E-state index in [9.17, 15) is 0 Å². The van der Waals surface area contributed by atoms with E-state index < -0.39 is 0 Å². The van der Waals surface area contributed by atoms with Crippen molar-refractivity contribution in [2.45, 2.75) is 19.3 Å². The van der Waals surface area contributed by atoms with Crippen molar-refractivity contribution in [3.63, 3.8) is 0 Å². The first-order chi connectivity index (χ1) is 27.0. The predicted octanol–water partition coefficient (Wildman–Crippen LogP) is 13.5. The SMILES string of the molecule is CC1(C)c2ccccc2-c2ccc(-c3nc(-c4ccccc4)nc(-c4cccc(-c5cc6c7ccccc7c7ccccc7c6c6ccccc56)c4)n3)cc21. The predicted molar refractivity (Wildman–Crippen MR) is 229 cm³/mol. The molecule has 9 aromatic carbocycles. The van der Waals surface area contributed by atoms with Gasteiger partial charge in [-0.05, 0) is 94.7 Å². The summed E-state index contributed by atoms with van der Waals surface area (Å²) in [6, 6.07) is 63.2. The summed E-state index contributed by atoms with van der Waals surface area (Å²) in [4.78, 5) is 15.5. The Morgan fingerprint density at radius 1 is 0.309 bits per heavy atom. The normalized spacial score (nSPS) is 13.1. The van der Waals surface area contributed by atoms with Crippen LogP contribution in [0.1, 0.15) is 25.0 Å². The Hall–Kier alpha value is -6.97. The average molecular weight is 702 g/mol. The van der Waals surface area contributed by atoms with Crippen LogP contribution < -0.4 is 0 Å². The van der Waals surface area contributed by atoms with Crippen molar-refractivity contribution in [2.75, 3.05) is 0 Å². The molecule has 0 saturated carbocycles. The van der Waals surface area contributed by atoms with Gasteiger partial charge in [0, 0.05) is 22.1 Å². The summed E-state index contributed by atoms with van der Waals surface area (Å²) in [5.41, 5.74) is 10.3. The summed E-state index contributed by atoms with van der Waals surface area (Å²) in [6.45, 7) is 4.62. The fraction of sp³-hybridized carbons (Fsp3) is 0.0577. The Morgan fingerprint density at radius 3 is 1.53 bits per heavy atom. The van der Waals surface area contributed by atoms with Crippen LogP contribution in [0.15, 0.2) is 176 Å². The molecule has 3 heteroatoms. The van der Waals surface area contributed by atoms with Gasteiger partial charge in [-0.3, -0.25) is 0 Å². The number of nitrogens with zero attached hydrogens (tertiary/aromatic N) is 3. The minimum Gasteiger partial charge on any atom is -0.208 e. The summed E-state index contributed by atoms with van der Waals surface area (Å²) in [5, 5.41) is 10.1. The third-order valence-electron chi connectivity index (χ3n) is 11.7. The van der Waals surface area contributed by atoms with Gasteiger partial charge in [-0.25, -0.2) is 15.0 Å². The van der Waals surface area contributed by atoms with Crippen LogP contribution in [-0.2, 0) is 5.41 Å². The van der Waals surface area contributed by atoms with Crippen LogP contribution in [0, 0.1) is 0 Å². The molecule has 0 aliphatic heterocycles. The van der Waals surface area contributed by atoms with Crippen molar-refractivity contribution in [1.82, 2.24) is 15.0 Å². The second-order valence-electron chi connectivity index (χ2n) is 15.2. The Morgan fingerprint density at radius 2 is 0.800 bits per heavy atom. The van der Waals surface area contributed by atoms with E-state index in [0.717, 1.165) is 22.3 Å². The standard InChI is InChI=1S/C52H35N3/c1-52(2)46-26-13-12-23-40(46)41-28-27-35(30-47(41)52)51-54-49(32-15-4-3-5-16-32)53-50(55-51)34-18-14-17-33(29-34)44-31-45-38-21-7-6-19-36(38)37-20-8-10-24-42(37)48(45)43-25-11-9-22-39(43)44/h3-31H,1-2H3. The van der Waals surface area contributed by atoms with Crippen molar-refractivity contribution in [1.29, 1.82) is 0 Å². The van der Waals surface area contributed by atoms with Crippen LogP contribution in [0.25, 0.3) is 99.5 Å². The first-order valence-electron chi connectivity index (χ1n) is 18.9. The molecule has 0 unspecified atom stereocenters. The van der Waals surface area contributed by atoms with Gasteiger partial charge < -0.3 is 0 Å². The summed E-state index contributed by atoms with van der Waals surface area (Å²) in [7, 11) is 0. The lowest BCUT2D eigenvalue weighted by Gasteiger charge is -2.21. The minimum absolute atomic E-state index is 0.130. The van der Waals surface area contributed by atoms with Crippen molar-refractivity contribution in [3.8, 4) is 56.4 Å². The van der Waals surface area contributed by atoms with Gasteiger partial charge in [0.1, 0.15) is 0 Å². The summed E-state index contributed by atoms with van der Waals surface area (Å²) in [5.74, 6) is 1.97. The number of hydrogen-bond donors (Lipinski definition) is 0. The third-order valence-corrected chi connectivity index (χ3v) is 11.7. The molecule has 0 radical (unpaired) electrons. The lowest BCUT2D eigenvalue weighted by atomic mass is 9.82. The molecule has 0 saturated heterocycles. The average Bonchev–Trinajstić information content (AvgIpc) is 3.48. The molecule has 10 aromatic rings. The molecule has 0 amide bonds. The molecule has 0 atom stereocenters. The Balaban J connectivity index is 1.11. The van der Waals surface area contributed by atoms with Crippen molar-refractivity contribution < 1.29 is 0 Å². The quantitative estimate of drug-likeness (QED) is 0.171. The molecule has 3 nitrogen and oxygen atoms in total. The topological polar surface area (TPSA) is 38.7 Å². The molecule has 11 rings (SSSR count). The molecule has 258 valence electrons. The Kier molecular flexibility index (Phi) is 6.90. The van der Waals surface area contributed by atoms with E-state index in [2.05, 4.69) is 172 Å². The zero-order valence-electron chi connectivity index (χ0n) is 30.6. The summed E-state index contributed by atoms with van der Waals surface area (Å²) in [6.07, 6.45) is 0. The molecule has 1 aromatic heterocycles. The van der Waals surface area contributed by atoms with Gasteiger partial charge >= 0.3 is 0 Å². The second kappa shape index (κ2) is 12.0. The summed E-state index contributed by atoms with van der Waals surface area (Å²) < 4.78 is 0. The number of rotatable bonds is 4. The van der Waals surface area contributed by atoms with Crippen LogP contribution in [0.4, 0.5) is 0 Å². The Labute approximate surface area is 319 Å². The van der Waals surface area contributed by atoms with Crippen LogP contribution in [-0.4, -0.2) is 15.0 Å². The fourth-order valence-corrected chi connectivity index (χ4v) is 9.03. The van der Waals surface area contributed by atoms with E-state index >= 15 is 0 Å². The van der Waals surface area contributed by atoms with Gasteiger partial charge in [0.15, 0.2) is 17.5 Å². The van der Waals surface area contributed by atoms with E-state index in [1.165, 1.54) is 70.9 Å². The molecule has 1 aliphatic carbocycles. The molecular formula is C52H35N3. The maximum Gasteiger partial charge on any atom is 0.164 e. The minimum atomic E-state index is -0.130. The van der Waals surface area contributed by atoms with Gasteiger partial charge in [0.25, 0.3) is 0 Å². The number of fused-ring (bicyclic) bond motifs is 11. The van der Waals surface area contributed by atoms with Gasteiger partial charge in [0.05, 0.1) is 0 Å². The zero-order valence-corrected chi connectivity index (χ0v) is 30.6. The van der Waals surface area contributed by atoms with Crippen LogP contribution in [0.5, 0.6) is 0 Å². The molecule has 0 bridgehead atoms. The highest BCUT2D eigenvalue weighted by molar-refractivity contribution is 6.33. The van der Waals surface area contributed by atoms with E-state index in [1.54, 1.807) is 0 Å². The number of benzene rings is 9. The first kappa shape index (κ1) is 31.5. The number of aromatic nitrogens is 3. The second-order valence-corrected chi connectivity index (χ2v) is 15.2. The van der Waals surface area contributed by atoms with Crippen molar-refractivity contribution in [3.05, 3.63) is 187 Å². The molecule has 1 aliphatic rings. The molecular weight excluding hydrogens is 667 g/mol. The number of hydrogen-bond acceptors (Lipinski definition) is 3. The van der Waals surface area contributed by atoms with E-state index in [-0.39, 0.29) is 5.41 Å². The monoisotopic (exact) mass is 701 g/mol. The van der Waals surface area contributed by atoms with Crippen LogP contribution in [0.2, 0.25) is 0 Å². The van der Waals surface area contributed by atoms with Gasteiger partial charge in [0.2, 0.25) is 0 Å². The van der Waals surface area contributed by atoms with Gasteiger partial charge in [-0.2, -0.15) is 0 Å². The van der Waals surface area contributed by atoms with Crippen molar-refractivity contribution in [2.24, 2.45) is 0 Å². The lowest BCUT2D eigenvalue weighted by Crippen LogP contribution is -2.15. The molecule has 0 N–H and O–H groups in total. The zero-order chi connectivity index (χ0) is 36.7. The van der Waals surface area contributed by atoms with Crippen LogP contribution >= 0.6 is 0 Å². The first-order valence-corrected chi connectivity index (χ1v) is 18.9. The van der Waals surface area contributed by atoms with Crippen molar-refractivity contribution >= 4 is 43.1 Å². The molecule has 0 fully saturated rings. The highest BCUT2D eigenvalue weighted by atomic mass is 15.0. The van der Waals surface area contributed by atoms with E-state index in [0.29, 0.717) is 17.5 Å². The van der Waals surface area contributed by atoms with E-state index in [4.69, 9.17) is 15.0 Å². The maximum atomic E-state index is 5.22. The lowest BCUT2D eigenvalue weighted by molar-refractivity contribution is 0.660. The largest absolute Gasteiger partial charge is 0.208 e. The molecule has 55 heavy (non-hydrogen) atoms. The molecule has 1 heterocycles. The Bertz CT molecular complexity index is 3180.